The Balaban J connectivity index is 1.06. The third kappa shape index (κ3) is 6.68. The van der Waals surface area contributed by atoms with Crippen molar-refractivity contribution in [3.05, 3.63) is 241 Å². The Labute approximate surface area is 372 Å². The average molecular weight is 819 g/mol. The minimum Gasteiger partial charge on any atom is -0.309 e. The largest absolute Gasteiger partial charge is 0.309 e. The first-order valence-corrected chi connectivity index (χ1v) is 22.1. The zero-order valence-electron chi connectivity index (χ0n) is 35.1. The van der Waals surface area contributed by atoms with Gasteiger partial charge in [-0.1, -0.05) is 194 Å². The summed E-state index contributed by atoms with van der Waals surface area (Å²) in [7, 11) is 0. The highest BCUT2D eigenvalue weighted by Gasteiger charge is 2.28. The Morgan fingerprint density at radius 1 is 0.359 bits per heavy atom. The minimum atomic E-state index is 0.146. The van der Waals surface area contributed by atoms with Crippen LogP contribution in [0, 0.1) is 0 Å². The minimum absolute atomic E-state index is 0.146. The number of hydrogen-bond donors (Lipinski definition) is 0. The lowest BCUT2D eigenvalue weighted by Gasteiger charge is -2.22. The maximum absolute atomic E-state index is 5.46. The summed E-state index contributed by atoms with van der Waals surface area (Å²) in [5, 5.41) is 2.39. The summed E-state index contributed by atoms with van der Waals surface area (Å²) in [4.78, 5) is 16.2. The van der Waals surface area contributed by atoms with E-state index in [1.807, 2.05) is 0 Å². The molecule has 2 aromatic heterocycles. The van der Waals surface area contributed by atoms with Gasteiger partial charge in [-0.3, -0.25) is 0 Å². The lowest BCUT2D eigenvalue weighted by atomic mass is 9.82. The molecule has 0 N–H and O–H groups in total. The van der Waals surface area contributed by atoms with Crippen LogP contribution in [0.1, 0.15) is 29.0 Å². The fraction of sp³-hybridized carbons (Fsp3) is 0.0500. The van der Waals surface area contributed by atoms with E-state index in [9.17, 15) is 0 Å². The number of para-hydroxylation sites is 2. The van der Waals surface area contributed by atoms with Gasteiger partial charge in [0.15, 0.2) is 17.5 Å². The Kier molecular flexibility index (Phi) is 9.34. The van der Waals surface area contributed by atoms with Crippen molar-refractivity contribution >= 4 is 21.8 Å². The summed E-state index contributed by atoms with van der Waals surface area (Å²) in [6, 6.07) is 80.3. The summed E-state index contributed by atoms with van der Waals surface area (Å²) in [5.74, 6) is 2.08. The number of nitrogens with zero attached hydrogens (tertiary/aromatic N) is 4. The average Bonchev–Trinajstić information content (AvgIpc) is 3.60. The Morgan fingerprint density at radius 3 is 1.70 bits per heavy atom. The first-order chi connectivity index (χ1) is 31.7. The molecule has 0 fully saturated rings. The van der Waals surface area contributed by atoms with Crippen molar-refractivity contribution in [1.82, 2.24) is 19.5 Å². The van der Waals surface area contributed by atoms with Gasteiger partial charge in [-0.2, -0.15) is 0 Å². The van der Waals surface area contributed by atoms with E-state index in [2.05, 4.69) is 229 Å². The maximum Gasteiger partial charge on any atom is 0.164 e. The van der Waals surface area contributed by atoms with E-state index in [1.165, 1.54) is 49.7 Å². The zero-order valence-corrected chi connectivity index (χ0v) is 35.1. The summed E-state index contributed by atoms with van der Waals surface area (Å²) in [6.45, 7) is 0. The van der Waals surface area contributed by atoms with E-state index in [0.29, 0.717) is 17.5 Å². The van der Waals surface area contributed by atoms with Gasteiger partial charge in [0.1, 0.15) is 0 Å². The fourth-order valence-corrected chi connectivity index (χ4v) is 9.87. The van der Waals surface area contributed by atoms with Crippen molar-refractivity contribution in [2.75, 3.05) is 0 Å². The van der Waals surface area contributed by atoms with Crippen molar-refractivity contribution in [2.24, 2.45) is 0 Å². The second kappa shape index (κ2) is 15.9. The molecule has 1 atom stereocenters. The first-order valence-electron chi connectivity index (χ1n) is 22.1. The number of aryl methyl sites for hydroxylation is 1. The molecule has 11 aromatic rings. The van der Waals surface area contributed by atoms with Gasteiger partial charge in [-0.05, 0) is 93.2 Å². The monoisotopic (exact) mass is 818 g/mol. The van der Waals surface area contributed by atoms with Gasteiger partial charge in [-0.15, -0.1) is 0 Å². The summed E-state index contributed by atoms with van der Waals surface area (Å²) in [5.41, 5.74) is 17.4. The van der Waals surface area contributed by atoms with E-state index < -0.39 is 0 Å². The molecule has 1 aliphatic rings. The van der Waals surface area contributed by atoms with E-state index in [-0.39, 0.29) is 5.92 Å². The van der Waals surface area contributed by atoms with Crippen LogP contribution in [0.4, 0.5) is 0 Å². The van der Waals surface area contributed by atoms with Gasteiger partial charge < -0.3 is 4.57 Å². The molecule has 302 valence electrons. The number of rotatable bonds is 7. The number of fused-ring (bicyclic) bond motifs is 6. The quantitative estimate of drug-likeness (QED) is 0.161. The third-order valence-electron chi connectivity index (χ3n) is 12.9. The highest BCUT2D eigenvalue weighted by molar-refractivity contribution is 6.10. The fourth-order valence-electron chi connectivity index (χ4n) is 9.87. The zero-order chi connectivity index (χ0) is 42.4. The van der Waals surface area contributed by atoms with Crippen LogP contribution >= 0.6 is 0 Å². The smallest absolute Gasteiger partial charge is 0.164 e. The van der Waals surface area contributed by atoms with Gasteiger partial charge in [0.2, 0.25) is 0 Å². The first kappa shape index (κ1) is 37.5. The molecule has 64 heavy (non-hydrogen) atoms. The molecule has 1 unspecified atom stereocenters. The van der Waals surface area contributed by atoms with Crippen LogP contribution in [0.3, 0.4) is 0 Å². The van der Waals surface area contributed by atoms with E-state index in [4.69, 9.17) is 15.0 Å². The highest BCUT2D eigenvalue weighted by Crippen LogP contribution is 2.46. The molecule has 9 aromatic carbocycles. The second-order valence-corrected chi connectivity index (χ2v) is 16.7. The van der Waals surface area contributed by atoms with E-state index in [1.54, 1.807) is 0 Å². The summed E-state index contributed by atoms with van der Waals surface area (Å²) >= 11 is 0. The normalized spacial score (nSPS) is 13.3. The summed E-state index contributed by atoms with van der Waals surface area (Å²) < 4.78 is 2.35. The molecule has 2 heterocycles. The molecule has 0 spiro atoms. The van der Waals surface area contributed by atoms with Gasteiger partial charge >= 0.3 is 0 Å². The lowest BCUT2D eigenvalue weighted by molar-refractivity contribution is 0.726. The van der Waals surface area contributed by atoms with Gasteiger partial charge in [0.25, 0.3) is 0 Å². The molecule has 0 bridgehead atoms. The van der Waals surface area contributed by atoms with Crippen LogP contribution in [-0.4, -0.2) is 19.5 Å². The molecule has 4 nitrogen and oxygen atoms in total. The van der Waals surface area contributed by atoms with Gasteiger partial charge in [0, 0.05) is 39.1 Å². The molecule has 0 amide bonds. The SMILES string of the molecule is c1ccc(-c2cccc(-c3ccc(-c4nc(-c5ccc6c7ccccc7n(-c7ccccc7)c6c5)nc(-c5cccc6c5C(c5ccccc5)CCc5ccccc5-6)n4)cc3)c2)cc1. The second-order valence-electron chi connectivity index (χ2n) is 16.7. The molecule has 0 saturated carbocycles. The van der Waals surface area contributed by atoms with Crippen LogP contribution in [0.5, 0.6) is 0 Å². The Morgan fingerprint density at radius 2 is 0.906 bits per heavy atom. The van der Waals surface area contributed by atoms with Crippen molar-refractivity contribution in [2.45, 2.75) is 18.8 Å². The number of hydrogen-bond acceptors (Lipinski definition) is 3. The van der Waals surface area contributed by atoms with Crippen LogP contribution in [0.25, 0.3) is 95.0 Å². The molecule has 0 radical (unpaired) electrons. The molecule has 12 rings (SSSR count). The Hall–Kier alpha value is -8.21. The topological polar surface area (TPSA) is 43.6 Å². The molecule has 0 saturated heterocycles. The molecule has 1 aliphatic carbocycles. The summed E-state index contributed by atoms with van der Waals surface area (Å²) in [6.07, 6.45) is 1.96. The van der Waals surface area contributed by atoms with Crippen LogP contribution in [-0.2, 0) is 6.42 Å². The van der Waals surface area contributed by atoms with Crippen LogP contribution < -0.4 is 0 Å². The van der Waals surface area contributed by atoms with Crippen LogP contribution in [0.2, 0.25) is 0 Å². The molecular formula is C60H42N4. The van der Waals surface area contributed by atoms with E-state index >= 15 is 0 Å². The molecule has 4 heteroatoms. The number of aromatic nitrogens is 4. The van der Waals surface area contributed by atoms with E-state index in [0.717, 1.165) is 57.4 Å². The van der Waals surface area contributed by atoms with Crippen molar-refractivity contribution in [3.8, 4) is 73.2 Å². The lowest BCUT2D eigenvalue weighted by Crippen LogP contribution is -2.07. The molecule has 0 aliphatic heterocycles. The van der Waals surface area contributed by atoms with Crippen molar-refractivity contribution in [1.29, 1.82) is 0 Å². The Bertz CT molecular complexity index is 3480. The predicted octanol–water partition coefficient (Wildman–Crippen LogP) is 15.0. The van der Waals surface area contributed by atoms with Gasteiger partial charge in [-0.25, -0.2) is 15.0 Å². The van der Waals surface area contributed by atoms with Crippen molar-refractivity contribution in [3.63, 3.8) is 0 Å². The van der Waals surface area contributed by atoms with Crippen LogP contribution in [0.15, 0.2) is 224 Å². The predicted molar refractivity (Wildman–Crippen MR) is 263 cm³/mol. The van der Waals surface area contributed by atoms with Gasteiger partial charge in [0.05, 0.1) is 11.0 Å². The van der Waals surface area contributed by atoms with Crippen molar-refractivity contribution < 1.29 is 0 Å². The standard InChI is InChI=1S/C60H42N4/c1-4-16-40(17-5-1)45-21-14-22-46(38-45)41-30-32-44(33-31-41)58-61-59(47-35-37-52-51-26-12-13-29-55(51)64(56(52)39-47)48-23-8-3-9-24-48)63-60(62-58)54-28-15-27-53-49-25-11-10-20-43(49)34-36-50(57(53)54)42-18-6-2-7-19-42/h1-33,35,37-39,50H,34,36H2. The molecular weight excluding hydrogens is 777 g/mol. The maximum atomic E-state index is 5.46. The third-order valence-corrected chi connectivity index (χ3v) is 12.9. The number of benzene rings is 9. The highest BCUT2D eigenvalue weighted by atomic mass is 15.0.